The molecule has 0 spiro atoms. The Labute approximate surface area is 269 Å². The molecule has 0 radical (unpaired) electrons. The summed E-state index contributed by atoms with van der Waals surface area (Å²) in [6.07, 6.45) is 3.01. The summed E-state index contributed by atoms with van der Waals surface area (Å²) >= 11 is 0. The second kappa shape index (κ2) is 12.2. The van der Waals surface area contributed by atoms with Gasteiger partial charge in [0.15, 0.2) is 0 Å². The van der Waals surface area contributed by atoms with Crippen molar-refractivity contribution in [3.05, 3.63) is 107 Å². The molecule has 1 unspecified atom stereocenters. The first-order valence-corrected chi connectivity index (χ1v) is 16.2. The quantitative estimate of drug-likeness (QED) is 0.188. The Morgan fingerprint density at radius 1 is 0.891 bits per heavy atom. The van der Waals surface area contributed by atoms with Crippen LogP contribution in [0.4, 0.5) is 4.79 Å². The summed E-state index contributed by atoms with van der Waals surface area (Å²) in [5.74, 6) is -0.786. The van der Waals surface area contributed by atoms with Crippen LogP contribution < -0.4 is 0 Å². The van der Waals surface area contributed by atoms with Gasteiger partial charge in [-0.3, -0.25) is 9.69 Å². The van der Waals surface area contributed by atoms with Crippen molar-refractivity contribution in [2.45, 2.75) is 64.1 Å². The molecular formula is C38H39N3O5. The molecule has 0 saturated carbocycles. The van der Waals surface area contributed by atoms with Crippen molar-refractivity contribution < 1.29 is 23.9 Å². The highest BCUT2D eigenvalue weighted by Gasteiger charge is 2.47. The summed E-state index contributed by atoms with van der Waals surface area (Å²) in [4.78, 5) is 48.7. The van der Waals surface area contributed by atoms with Gasteiger partial charge in [-0.05, 0) is 67.5 Å². The van der Waals surface area contributed by atoms with E-state index in [0.717, 1.165) is 50.0 Å². The number of amides is 2. The van der Waals surface area contributed by atoms with E-state index >= 15 is 0 Å². The van der Waals surface area contributed by atoms with Gasteiger partial charge < -0.3 is 19.4 Å². The van der Waals surface area contributed by atoms with Crippen LogP contribution in [0.2, 0.25) is 0 Å². The number of nitrogens with zero attached hydrogens (tertiary/aromatic N) is 2. The molecule has 46 heavy (non-hydrogen) atoms. The zero-order valence-corrected chi connectivity index (χ0v) is 26.5. The molecule has 1 N–H and O–H groups in total. The number of H-pyrrole nitrogens is 1. The van der Waals surface area contributed by atoms with Crippen molar-refractivity contribution in [2.24, 2.45) is 0 Å². The Morgan fingerprint density at radius 2 is 1.57 bits per heavy atom. The van der Waals surface area contributed by atoms with E-state index in [1.807, 2.05) is 68.5 Å². The summed E-state index contributed by atoms with van der Waals surface area (Å²) in [5, 5.41) is 1.03. The van der Waals surface area contributed by atoms with E-state index in [1.54, 1.807) is 16.7 Å². The summed E-state index contributed by atoms with van der Waals surface area (Å²) in [6, 6.07) is 22.3. The second-order valence-electron chi connectivity index (χ2n) is 12.6. The van der Waals surface area contributed by atoms with Gasteiger partial charge in [-0.25, -0.2) is 9.59 Å². The highest BCUT2D eigenvalue weighted by Crippen LogP contribution is 2.45. The fourth-order valence-electron chi connectivity index (χ4n) is 7.61. The molecule has 3 atom stereocenters. The zero-order chi connectivity index (χ0) is 31.9. The van der Waals surface area contributed by atoms with Gasteiger partial charge in [-0.2, -0.15) is 0 Å². The summed E-state index contributed by atoms with van der Waals surface area (Å²) < 4.78 is 11.5. The Morgan fingerprint density at radius 3 is 2.26 bits per heavy atom. The molecule has 8 heteroatoms. The van der Waals surface area contributed by atoms with Crippen molar-refractivity contribution in [2.75, 3.05) is 19.8 Å². The average molecular weight is 618 g/mol. The molecule has 1 saturated heterocycles. The summed E-state index contributed by atoms with van der Waals surface area (Å²) in [6.45, 7) is 6.54. The Balaban J connectivity index is 1.18. The molecule has 3 aliphatic rings. The van der Waals surface area contributed by atoms with Gasteiger partial charge in [0.05, 0.1) is 12.6 Å². The molecule has 1 fully saturated rings. The van der Waals surface area contributed by atoms with E-state index in [1.165, 1.54) is 0 Å². The van der Waals surface area contributed by atoms with Crippen molar-refractivity contribution in [1.82, 2.24) is 14.8 Å². The minimum atomic E-state index is -0.829. The smallest absolute Gasteiger partial charge is 0.410 e. The minimum absolute atomic E-state index is 0.0779. The number of carbonyl (C=O) groups excluding carboxylic acids is 3. The first kappa shape index (κ1) is 29.8. The molecule has 3 heterocycles. The van der Waals surface area contributed by atoms with Gasteiger partial charge in [-0.15, -0.1) is 0 Å². The number of aromatic amines is 1. The van der Waals surface area contributed by atoms with Crippen molar-refractivity contribution >= 4 is 28.9 Å². The minimum Gasteiger partial charge on any atom is -0.464 e. The van der Waals surface area contributed by atoms with Gasteiger partial charge in [0.25, 0.3) is 0 Å². The third-order valence-electron chi connectivity index (χ3n) is 9.59. The molecule has 0 bridgehead atoms. The molecular weight excluding hydrogens is 578 g/mol. The van der Waals surface area contributed by atoms with E-state index < -0.39 is 30.2 Å². The van der Waals surface area contributed by atoms with Gasteiger partial charge in [0.1, 0.15) is 18.7 Å². The third kappa shape index (κ3) is 5.06. The topological polar surface area (TPSA) is 91.9 Å². The standard InChI is InChI=1S/C38H39N3O5/c1-4-45-37(43)34-21-29-28-16-9-10-17-31(28)39-35(29)33(20-23(2)3)41(34)36(42)32-18-11-19-40(32)38(44)46-22-30-26-14-7-5-12-24(26)25-13-6-8-15-27(25)30/h5-10,12-17,20,30,32-34,39H,4,11,18-19,21-22H2,1-3H3/t32-,33?,34-/m0/s1. The maximum absolute atomic E-state index is 14.7. The fraction of sp³-hybridized carbons (Fsp3) is 0.342. The van der Waals surface area contributed by atoms with Crippen LogP contribution in [0.25, 0.3) is 22.0 Å². The average Bonchev–Trinajstić information content (AvgIpc) is 3.78. The predicted molar refractivity (Wildman–Crippen MR) is 176 cm³/mol. The Bertz CT molecular complexity index is 1810. The number of fused-ring (bicyclic) bond motifs is 6. The molecule has 4 aromatic rings. The number of para-hydroxylation sites is 1. The van der Waals surface area contributed by atoms with Crippen LogP contribution in [0.1, 0.15) is 68.0 Å². The Hall–Kier alpha value is -4.85. The van der Waals surface area contributed by atoms with Crippen LogP contribution in [0.15, 0.2) is 84.4 Å². The van der Waals surface area contributed by atoms with Crippen molar-refractivity contribution in [3.63, 3.8) is 0 Å². The largest absolute Gasteiger partial charge is 0.464 e. The monoisotopic (exact) mass is 617 g/mol. The number of hydrogen-bond donors (Lipinski definition) is 1. The van der Waals surface area contributed by atoms with E-state index in [4.69, 9.17) is 9.47 Å². The van der Waals surface area contributed by atoms with Crippen LogP contribution in [0.3, 0.4) is 0 Å². The van der Waals surface area contributed by atoms with Crippen LogP contribution in [-0.2, 0) is 25.5 Å². The number of hydrogen-bond acceptors (Lipinski definition) is 5. The zero-order valence-electron chi connectivity index (χ0n) is 26.5. The molecule has 1 aliphatic carbocycles. The normalized spacial score (nSPS) is 20.2. The van der Waals surface area contributed by atoms with Gasteiger partial charge >= 0.3 is 12.1 Å². The number of ether oxygens (including phenoxy) is 2. The summed E-state index contributed by atoms with van der Waals surface area (Å²) in [7, 11) is 0. The SMILES string of the molecule is CCOC(=O)[C@@H]1Cc2c([nH]c3ccccc23)C(C=C(C)C)N1C(=O)[C@@H]1CCCN1C(=O)OCC1c2ccccc2-c2ccccc21. The van der Waals surface area contributed by atoms with Crippen LogP contribution in [0, 0.1) is 0 Å². The molecule has 3 aromatic carbocycles. The van der Waals surface area contributed by atoms with E-state index in [2.05, 4.69) is 29.2 Å². The maximum atomic E-state index is 14.7. The number of aromatic nitrogens is 1. The fourth-order valence-corrected chi connectivity index (χ4v) is 7.61. The lowest BCUT2D eigenvalue weighted by Crippen LogP contribution is -2.57. The van der Waals surface area contributed by atoms with Gasteiger partial charge in [0.2, 0.25) is 5.91 Å². The number of rotatable bonds is 6. The molecule has 7 rings (SSSR count). The van der Waals surface area contributed by atoms with Crippen LogP contribution in [-0.4, -0.2) is 64.6 Å². The Kier molecular flexibility index (Phi) is 7.89. The second-order valence-corrected chi connectivity index (χ2v) is 12.6. The maximum Gasteiger partial charge on any atom is 0.410 e. The highest BCUT2D eigenvalue weighted by atomic mass is 16.6. The predicted octanol–water partition coefficient (Wildman–Crippen LogP) is 6.91. The van der Waals surface area contributed by atoms with Crippen molar-refractivity contribution in [3.8, 4) is 11.1 Å². The van der Waals surface area contributed by atoms with Gasteiger partial charge in [-0.1, -0.05) is 78.4 Å². The number of nitrogens with one attached hydrogen (secondary N) is 1. The summed E-state index contributed by atoms with van der Waals surface area (Å²) in [5.41, 5.74) is 8.46. The lowest BCUT2D eigenvalue weighted by molar-refractivity contribution is -0.158. The molecule has 1 aromatic heterocycles. The molecule has 2 aliphatic heterocycles. The number of benzene rings is 3. The first-order valence-electron chi connectivity index (χ1n) is 16.2. The van der Waals surface area contributed by atoms with E-state index in [0.29, 0.717) is 25.8 Å². The van der Waals surface area contributed by atoms with Gasteiger partial charge in [0, 0.05) is 35.5 Å². The molecule has 2 amide bonds. The molecule has 236 valence electrons. The number of allylic oxidation sites excluding steroid dienone is 1. The van der Waals surface area contributed by atoms with Crippen LogP contribution >= 0.6 is 0 Å². The van der Waals surface area contributed by atoms with E-state index in [-0.39, 0.29) is 25.0 Å². The lowest BCUT2D eigenvalue weighted by Gasteiger charge is -2.42. The molecule has 8 nitrogen and oxygen atoms in total. The highest BCUT2D eigenvalue weighted by molar-refractivity contribution is 5.93. The first-order chi connectivity index (χ1) is 22.4. The lowest BCUT2D eigenvalue weighted by atomic mass is 9.89. The van der Waals surface area contributed by atoms with E-state index in [9.17, 15) is 14.4 Å². The number of esters is 1. The van der Waals surface area contributed by atoms with Crippen molar-refractivity contribution in [1.29, 1.82) is 0 Å². The third-order valence-corrected chi connectivity index (χ3v) is 9.59. The number of carbonyl (C=O) groups is 3. The van der Waals surface area contributed by atoms with Crippen LogP contribution in [0.5, 0.6) is 0 Å². The number of likely N-dealkylation sites (tertiary alicyclic amines) is 1.